The van der Waals surface area contributed by atoms with Crippen molar-refractivity contribution in [2.75, 3.05) is 19.0 Å². The van der Waals surface area contributed by atoms with E-state index in [1.54, 1.807) is 31.4 Å². The number of carbonyl (C=O) groups excluding carboxylic acids is 1. The Morgan fingerprint density at radius 3 is 2.23 bits per heavy atom. The number of carbonyl (C=O) groups is 1. The van der Waals surface area contributed by atoms with Crippen molar-refractivity contribution in [3.8, 4) is 23.0 Å². The molecule has 0 aliphatic carbocycles. The average molecular weight is 470 g/mol. The van der Waals surface area contributed by atoms with Crippen molar-refractivity contribution in [1.29, 1.82) is 0 Å². The molecule has 1 amide bonds. The molecule has 0 radical (unpaired) electrons. The second kappa shape index (κ2) is 10.2. The third-order valence-electron chi connectivity index (χ3n) is 4.31. The number of ether oxygens (including phenoxy) is 3. The number of methoxy groups -OCH3 is 1. The molecular formula is C24H24BrNO4. The molecule has 6 heteroatoms. The standard InChI is InChI=1S/C24H24BrNO4/c1-4-13-29-23-21(25)14-17(15-22(23)28-3)24(27)26-18-7-11-20(12-8-18)30-19-9-5-16(2)6-10-19/h5-12,14-15H,4,13H2,1-3H3,(H,26,27). The predicted octanol–water partition coefficient (Wildman–Crippen LogP) is 6.60. The van der Waals surface area contributed by atoms with Gasteiger partial charge >= 0.3 is 0 Å². The van der Waals surface area contributed by atoms with Gasteiger partial charge in [-0.25, -0.2) is 0 Å². The summed E-state index contributed by atoms with van der Waals surface area (Å²) in [7, 11) is 1.55. The lowest BCUT2D eigenvalue weighted by molar-refractivity contribution is 0.102. The summed E-state index contributed by atoms with van der Waals surface area (Å²) in [6.07, 6.45) is 0.876. The van der Waals surface area contributed by atoms with Gasteiger partial charge in [0.2, 0.25) is 0 Å². The fourth-order valence-electron chi connectivity index (χ4n) is 2.75. The summed E-state index contributed by atoms with van der Waals surface area (Å²) in [5.41, 5.74) is 2.30. The highest BCUT2D eigenvalue weighted by Crippen LogP contribution is 2.37. The molecule has 0 atom stereocenters. The maximum atomic E-state index is 12.7. The van der Waals surface area contributed by atoms with Gasteiger partial charge in [0, 0.05) is 11.3 Å². The molecule has 1 N–H and O–H groups in total. The second-order valence-electron chi connectivity index (χ2n) is 6.73. The van der Waals surface area contributed by atoms with E-state index in [-0.39, 0.29) is 5.91 Å². The zero-order valence-electron chi connectivity index (χ0n) is 17.2. The first-order valence-electron chi connectivity index (χ1n) is 9.66. The van der Waals surface area contributed by atoms with Crippen LogP contribution in [0.4, 0.5) is 5.69 Å². The van der Waals surface area contributed by atoms with Crippen LogP contribution in [0.3, 0.4) is 0 Å². The Morgan fingerprint density at radius 2 is 1.63 bits per heavy atom. The van der Waals surface area contributed by atoms with E-state index in [9.17, 15) is 4.79 Å². The predicted molar refractivity (Wildman–Crippen MR) is 122 cm³/mol. The van der Waals surface area contributed by atoms with Crippen molar-refractivity contribution in [2.24, 2.45) is 0 Å². The Bertz CT molecular complexity index is 1000. The summed E-state index contributed by atoms with van der Waals surface area (Å²) in [6, 6.07) is 18.4. The first kappa shape index (κ1) is 21.7. The number of amides is 1. The second-order valence-corrected chi connectivity index (χ2v) is 7.59. The van der Waals surface area contributed by atoms with E-state index in [4.69, 9.17) is 14.2 Å². The van der Waals surface area contributed by atoms with Crippen molar-refractivity contribution < 1.29 is 19.0 Å². The molecular weight excluding hydrogens is 446 g/mol. The van der Waals surface area contributed by atoms with E-state index >= 15 is 0 Å². The van der Waals surface area contributed by atoms with Crippen molar-refractivity contribution in [3.05, 3.63) is 76.3 Å². The smallest absolute Gasteiger partial charge is 0.255 e. The first-order chi connectivity index (χ1) is 14.5. The normalized spacial score (nSPS) is 10.4. The molecule has 3 aromatic rings. The average Bonchev–Trinajstić information content (AvgIpc) is 2.75. The van der Waals surface area contributed by atoms with Gasteiger partial charge < -0.3 is 19.5 Å². The number of anilines is 1. The SMILES string of the molecule is CCCOc1c(Br)cc(C(=O)Nc2ccc(Oc3ccc(C)cc3)cc2)cc1OC. The molecule has 0 fully saturated rings. The topological polar surface area (TPSA) is 56.8 Å². The fraction of sp³-hybridized carbons (Fsp3) is 0.208. The minimum absolute atomic E-state index is 0.247. The van der Waals surface area contributed by atoms with E-state index in [0.29, 0.717) is 39.6 Å². The molecule has 156 valence electrons. The van der Waals surface area contributed by atoms with Crippen LogP contribution in [-0.4, -0.2) is 19.6 Å². The highest BCUT2D eigenvalue weighted by molar-refractivity contribution is 9.10. The fourth-order valence-corrected chi connectivity index (χ4v) is 3.30. The number of hydrogen-bond acceptors (Lipinski definition) is 4. The Hall–Kier alpha value is -2.99. The molecule has 0 aliphatic heterocycles. The molecule has 3 rings (SSSR count). The molecule has 0 unspecified atom stereocenters. The summed E-state index contributed by atoms with van der Waals surface area (Å²) in [4.78, 5) is 12.7. The van der Waals surface area contributed by atoms with E-state index in [2.05, 4.69) is 21.2 Å². The first-order valence-corrected chi connectivity index (χ1v) is 10.5. The lowest BCUT2D eigenvalue weighted by Gasteiger charge is -2.14. The van der Waals surface area contributed by atoms with E-state index in [1.165, 1.54) is 5.56 Å². The zero-order chi connectivity index (χ0) is 21.5. The minimum atomic E-state index is -0.247. The Labute approximate surface area is 185 Å². The Morgan fingerprint density at radius 1 is 1.00 bits per heavy atom. The van der Waals surface area contributed by atoms with Gasteiger partial charge in [0.1, 0.15) is 11.5 Å². The van der Waals surface area contributed by atoms with Gasteiger partial charge in [-0.15, -0.1) is 0 Å². The van der Waals surface area contributed by atoms with E-state index < -0.39 is 0 Å². The van der Waals surface area contributed by atoms with Gasteiger partial charge in [0.15, 0.2) is 11.5 Å². The van der Waals surface area contributed by atoms with E-state index in [0.717, 1.165) is 12.2 Å². The molecule has 0 bridgehead atoms. The van der Waals surface area contributed by atoms with Crippen LogP contribution in [0.15, 0.2) is 65.1 Å². The van der Waals surface area contributed by atoms with Gasteiger partial charge in [-0.2, -0.15) is 0 Å². The van der Waals surface area contributed by atoms with Crippen LogP contribution >= 0.6 is 15.9 Å². The molecule has 0 saturated carbocycles. The lowest BCUT2D eigenvalue weighted by atomic mass is 10.1. The molecule has 0 aromatic heterocycles. The third-order valence-corrected chi connectivity index (χ3v) is 4.90. The van der Waals surface area contributed by atoms with Gasteiger partial charge in [0.25, 0.3) is 5.91 Å². The number of hydrogen-bond donors (Lipinski definition) is 1. The number of aryl methyl sites for hydroxylation is 1. The Balaban J connectivity index is 1.69. The number of nitrogens with one attached hydrogen (secondary N) is 1. The summed E-state index contributed by atoms with van der Waals surface area (Å²) >= 11 is 3.47. The number of benzene rings is 3. The third kappa shape index (κ3) is 5.54. The molecule has 0 saturated heterocycles. The van der Waals surface area contributed by atoms with Crippen molar-refractivity contribution in [1.82, 2.24) is 0 Å². The highest BCUT2D eigenvalue weighted by atomic mass is 79.9. The molecule has 0 heterocycles. The molecule has 5 nitrogen and oxygen atoms in total. The Kier molecular flexibility index (Phi) is 7.36. The van der Waals surface area contributed by atoms with Crippen molar-refractivity contribution in [2.45, 2.75) is 20.3 Å². The monoisotopic (exact) mass is 469 g/mol. The highest BCUT2D eigenvalue weighted by Gasteiger charge is 2.16. The van der Waals surface area contributed by atoms with Gasteiger partial charge in [0.05, 0.1) is 18.2 Å². The van der Waals surface area contributed by atoms with Crippen molar-refractivity contribution >= 4 is 27.5 Å². The lowest BCUT2D eigenvalue weighted by Crippen LogP contribution is -2.12. The quantitative estimate of drug-likeness (QED) is 0.403. The van der Waals surface area contributed by atoms with Crippen LogP contribution in [0.1, 0.15) is 29.3 Å². The summed E-state index contributed by atoms with van der Waals surface area (Å²) in [6.45, 7) is 4.62. The van der Waals surface area contributed by atoms with Crippen molar-refractivity contribution in [3.63, 3.8) is 0 Å². The molecule has 30 heavy (non-hydrogen) atoms. The van der Waals surface area contributed by atoms with Gasteiger partial charge in [-0.05, 0) is 77.8 Å². The summed E-state index contributed by atoms with van der Waals surface area (Å²) in [5, 5.41) is 2.89. The zero-order valence-corrected chi connectivity index (χ0v) is 18.8. The largest absolute Gasteiger partial charge is 0.493 e. The minimum Gasteiger partial charge on any atom is -0.493 e. The van der Waals surface area contributed by atoms with Crippen LogP contribution < -0.4 is 19.5 Å². The number of rotatable bonds is 8. The maximum Gasteiger partial charge on any atom is 0.255 e. The van der Waals surface area contributed by atoms with Crippen LogP contribution in [-0.2, 0) is 0 Å². The van der Waals surface area contributed by atoms with Crippen LogP contribution in [0.5, 0.6) is 23.0 Å². The summed E-state index contributed by atoms with van der Waals surface area (Å²) in [5.74, 6) is 2.31. The van der Waals surface area contributed by atoms with E-state index in [1.807, 2.05) is 50.2 Å². The summed E-state index contributed by atoms with van der Waals surface area (Å²) < 4.78 is 17.6. The van der Waals surface area contributed by atoms with Gasteiger partial charge in [-0.1, -0.05) is 24.6 Å². The molecule has 0 aliphatic rings. The van der Waals surface area contributed by atoms with Crippen LogP contribution in [0.2, 0.25) is 0 Å². The molecule has 3 aromatic carbocycles. The maximum absolute atomic E-state index is 12.7. The number of halogens is 1. The molecule has 0 spiro atoms. The van der Waals surface area contributed by atoms with Crippen LogP contribution in [0.25, 0.3) is 0 Å². The van der Waals surface area contributed by atoms with Gasteiger partial charge in [-0.3, -0.25) is 4.79 Å². The van der Waals surface area contributed by atoms with Crippen LogP contribution in [0, 0.1) is 6.92 Å².